The van der Waals surface area contributed by atoms with Crippen LogP contribution in [0.4, 0.5) is 0 Å². The smallest absolute Gasteiger partial charge is 0.277 e. The Balaban J connectivity index is 1.81. The zero-order chi connectivity index (χ0) is 16.7. The molecule has 1 aromatic heterocycles. The van der Waals surface area contributed by atoms with Crippen molar-refractivity contribution in [3.8, 4) is 5.75 Å². The molecule has 0 unspecified atom stereocenters. The summed E-state index contributed by atoms with van der Waals surface area (Å²) in [5, 5.41) is 3.80. The lowest BCUT2D eigenvalue weighted by molar-refractivity contribution is -0.123. The largest absolute Gasteiger partial charge is 0.483 e. The van der Waals surface area contributed by atoms with E-state index in [0.717, 1.165) is 17.3 Å². The number of hydrogen-bond donors (Lipinski definition) is 1. The van der Waals surface area contributed by atoms with Crippen molar-refractivity contribution in [2.75, 3.05) is 6.61 Å². The first-order chi connectivity index (χ1) is 11.1. The van der Waals surface area contributed by atoms with Gasteiger partial charge in [0.2, 0.25) is 0 Å². The van der Waals surface area contributed by atoms with E-state index in [1.54, 1.807) is 12.1 Å². The van der Waals surface area contributed by atoms with Crippen LogP contribution in [0.15, 0.2) is 49.0 Å². The fraction of sp³-hybridized carbons (Fsp3) is 0.250. The number of benzene rings is 1. The normalized spacial score (nSPS) is 10.9. The molecule has 0 saturated carbocycles. The molecule has 0 spiro atoms. The van der Waals surface area contributed by atoms with Crippen LogP contribution in [-0.2, 0) is 11.2 Å². The summed E-state index contributed by atoms with van der Waals surface area (Å²) >= 11 is 6.63. The van der Waals surface area contributed by atoms with Crippen molar-refractivity contribution in [1.82, 2.24) is 5.43 Å². The van der Waals surface area contributed by atoms with Crippen LogP contribution in [0, 0.1) is 0 Å². The molecule has 122 valence electrons. The summed E-state index contributed by atoms with van der Waals surface area (Å²) in [6.45, 7) is 2.01. The highest BCUT2D eigenvalue weighted by molar-refractivity contribution is 9.10. The molecular formula is C16H16Br2N2O3. The van der Waals surface area contributed by atoms with Gasteiger partial charge in [-0.25, -0.2) is 5.43 Å². The Bertz CT molecular complexity index is 698. The summed E-state index contributed by atoms with van der Waals surface area (Å²) in [7, 11) is 0. The lowest BCUT2D eigenvalue weighted by atomic mass is 10.1. The maximum atomic E-state index is 11.7. The first-order valence-electron chi connectivity index (χ1n) is 7.07. The SMILES string of the molecule is CCCc1ccc(OCC(=O)N/N=C/c2ccc(Br)o2)c(Br)c1. The quantitative estimate of drug-likeness (QED) is 0.512. The molecule has 0 aliphatic carbocycles. The molecule has 1 amide bonds. The van der Waals surface area contributed by atoms with Gasteiger partial charge in [-0.15, -0.1) is 0 Å². The van der Waals surface area contributed by atoms with Crippen LogP contribution in [-0.4, -0.2) is 18.7 Å². The van der Waals surface area contributed by atoms with Crippen LogP contribution in [0.25, 0.3) is 0 Å². The molecule has 1 heterocycles. The number of aryl methyl sites for hydroxylation is 1. The van der Waals surface area contributed by atoms with E-state index in [2.05, 4.69) is 49.3 Å². The molecule has 0 radical (unpaired) electrons. The zero-order valence-electron chi connectivity index (χ0n) is 12.5. The average Bonchev–Trinajstić information content (AvgIpc) is 2.92. The Kier molecular flexibility index (Phi) is 6.85. The van der Waals surface area contributed by atoms with Gasteiger partial charge in [0.15, 0.2) is 11.3 Å². The van der Waals surface area contributed by atoms with Crippen molar-refractivity contribution in [3.63, 3.8) is 0 Å². The molecule has 0 bridgehead atoms. The second-order valence-electron chi connectivity index (χ2n) is 4.74. The highest BCUT2D eigenvalue weighted by Gasteiger charge is 2.06. The Labute approximate surface area is 151 Å². The van der Waals surface area contributed by atoms with Crippen LogP contribution in [0.2, 0.25) is 0 Å². The number of hydrazone groups is 1. The molecular weight excluding hydrogens is 428 g/mol. The third-order valence-electron chi connectivity index (χ3n) is 2.87. The highest BCUT2D eigenvalue weighted by atomic mass is 79.9. The molecule has 2 aromatic rings. The molecule has 2 rings (SSSR count). The summed E-state index contributed by atoms with van der Waals surface area (Å²) in [4.78, 5) is 11.7. The molecule has 5 nitrogen and oxygen atoms in total. The number of nitrogens with one attached hydrogen (secondary N) is 1. The minimum Gasteiger partial charge on any atom is -0.483 e. The number of ether oxygens (including phenoxy) is 1. The summed E-state index contributed by atoms with van der Waals surface area (Å²) < 4.78 is 12.1. The van der Waals surface area contributed by atoms with E-state index >= 15 is 0 Å². The van der Waals surface area contributed by atoms with Crippen LogP contribution in [0.3, 0.4) is 0 Å². The van der Waals surface area contributed by atoms with Gasteiger partial charge in [-0.1, -0.05) is 19.4 Å². The maximum absolute atomic E-state index is 11.7. The van der Waals surface area contributed by atoms with E-state index in [1.807, 2.05) is 18.2 Å². The maximum Gasteiger partial charge on any atom is 0.277 e. The molecule has 1 N–H and O–H groups in total. The van der Waals surface area contributed by atoms with E-state index in [4.69, 9.17) is 9.15 Å². The van der Waals surface area contributed by atoms with Gasteiger partial charge in [0, 0.05) is 0 Å². The van der Waals surface area contributed by atoms with Gasteiger partial charge in [0.05, 0.1) is 10.7 Å². The third-order valence-corrected chi connectivity index (χ3v) is 3.91. The minimum atomic E-state index is -0.351. The standard InChI is InChI=1S/C16H16Br2N2O3/c1-2-3-11-4-6-14(13(17)8-11)22-10-16(21)20-19-9-12-5-7-15(18)23-12/h4-9H,2-3,10H2,1H3,(H,20,21)/b19-9+. The molecule has 0 fully saturated rings. The molecule has 7 heteroatoms. The van der Waals surface area contributed by atoms with Crippen LogP contribution < -0.4 is 10.2 Å². The van der Waals surface area contributed by atoms with Crippen molar-refractivity contribution in [2.45, 2.75) is 19.8 Å². The van der Waals surface area contributed by atoms with E-state index in [-0.39, 0.29) is 12.5 Å². The molecule has 0 atom stereocenters. The lowest BCUT2D eigenvalue weighted by Crippen LogP contribution is -2.24. The average molecular weight is 444 g/mol. The second kappa shape index (κ2) is 8.88. The predicted octanol–water partition coefficient (Wildman–Crippen LogP) is 4.29. The fourth-order valence-electron chi connectivity index (χ4n) is 1.85. The van der Waals surface area contributed by atoms with Gasteiger partial charge in [-0.2, -0.15) is 5.10 Å². The number of carbonyl (C=O) groups is 1. The topological polar surface area (TPSA) is 63.8 Å². The van der Waals surface area contributed by atoms with Crippen molar-refractivity contribution in [3.05, 3.63) is 50.8 Å². The Morgan fingerprint density at radius 2 is 2.17 bits per heavy atom. The first-order valence-corrected chi connectivity index (χ1v) is 8.65. The van der Waals surface area contributed by atoms with Gasteiger partial charge in [-0.3, -0.25) is 4.79 Å². The van der Waals surface area contributed by atoms with Crippen LogP contribution in [0.1, 0.15) is 24.7 Å². The summed E-state index contributed by atoms with van der Waals surface area (Å²) in [6.07, 6.45) is 3.51. The van der Waals surface area contributed by atoms with E-state index in [9.17, 15) is 4.79 Å². The highest BCUT2D eigenvalue weighted by Crippen LogP contribution is 2.26. The monoisotopic (exact) mass is 442 g/mol. The fourth-order valence-corrected chi connectivity index (χ4v) is 2.71. The van der Waals surface area contributed by atoms with Gasteiger partial charge < -0.3 is 9.15 Å². The van der Waals surface area contributed by atoms with E-state index in [1.165, 1.54) is 11.8 Å². The lowest BCUT2D eigenvalue weighted by Gasteiger charge is -2.08. The molecule has 0 aliphatic heterocycles. The minimum absolute atomic E-state index is 0.120. The van der Waals surface area contributed by atoms with Crippen molar-refractivity contribution in [2.24, 2.45) is 5.10 Å². The van der Waals surface area contributed by atoms with Gasteiger partial charge in [0.25, 0.3) is 5.91 Å². The summed E-state index contributed by atoms with van der Waals surface area (Å²) in [6, 6.07) is 9.32. The van der Waals surface area contributed by atoms with Gasteiger partial charge in [0.1, 0.15) is 11.5 Å². The molecule has 0 saturated heterocycles. The number of hydrogen-bond acceptors (Lipinski definition) is 4. The molecule has 23 heavy (non-hydrogen) atoms. The Morgan fingerprint density at radius 1 is 1.35 bits per heavy atom. The van der Waals surface area contributed by atoms with Gasteiger partial charge in [-0.05, 0) is 68.1 Å². The summed E-state index contributed by atoms with van der Waals surface area (Å²) in [5.74, 6) is 0.808. The van der Waals surface area contributed by atoms with Crippen molar-refractivity contribution in [1.29, 1.82) is 0 Å². The zero-order valence-corrected chi connectivity index (χ0v) is 15.7. The number of furan rings is 1. The van der Waals surface area contributed by atoms with Crippen molar-refractivity contribution < 1.29 is 13.9 Å². The van der Waals surface area contributed by atoms with Crippen LogP contribution >= 0.6 is 31.9 Å². The summed E-state index contributed by atoms with van der Waals surface area (Å²) in [5.41, 5.74) is 3.60. The van der Waals surface area contributed by atoms with E-state index in [0.29, 0.717) is 16.2 Å². The number of nitrogens with zero attached hydrogens (tertiary/aromatic N) is 1. The number of amides is 1. The van der Waals surface area contributed by atoms with Crippen LogP contribution in [0.5, 0.6) is 5.75 Å². The molecule has 0 aliphatic rings. The van der Waals surface area contributed by atoms with Crippen molar-refractivity contribution >= 4 is 44.0 Å². The third kappa shape index (κ3) is 5.84. The number of halogens is 2. The Morgan fingerprint density at radius 3 is 2.83 bits per heavy atom. The van der Waals surface area contributed by atoms with Gasteiger partial charge >= 0.3 is 0 Å². The predicted molar refractivity (Wildman–Crippen MR) is 95.8 cm³/mol. The second-order valence-corrected chi connectivity index (χ2v) is 6.37. The first kappa shape index (κ1) is 17.7. The number of carbonyl (C=O) groups excluding carboxylic acids is 1. The Hall–Kier alpha value is -1.60. The van der Waals surface area contributed by atoms with E-state index < -0.39 is 0 Å². The number of rotatable bonds is 7. The molecule has 1 aromatic carbocycles.